The summed E-state index contributed by atoms with van der Waals surface area (Å²) in [5.74, 6) is -3.37. The molecule has 162 valence electrons. The summed E-state index contributed by atoms with van der Waals surface area (Å²) >= 11 is 1.32. The third-order valence-electron chi connectivity index (χ3n) is 6.07. The number of thiophene rings is 1. The van der Waals surface area contributed by atoms with E-state index in [-0.39, 0.29) is 24.3 Å². The number of rotatable bonds is 7. The first kappa shape index (κ1) is 21.3. The van der Waals surface area contributed by atoms with Crippen LogP contribution in [0.25, 0.3) is 11.1 Å². The molecule has 31 heavy (non-hydrogen) atoms. The van der Waals surface area contributed by atoms with Crippen molar-refractivity contribution in [3.05, 3.63) is 52.9 Å². The standard InChI is InChI=1S/C24H25NO5S/c1-3-11-30-24(29)20-17(14-7-5-4-6-8-14)13(2)31-22(20)25-21(26)18-15-9-10-16(12-15)19(18)23(27)28/h4-10,15-16,18-19H,3,11-12H2,1-2H3,(H,25,26)(H,27,28)/t15-,16+,18+,19+/m1/s1. The third kappa shape index (κ3) is 3.90. The number of hydrogen-bond donors (Lipinski definition) is 2. The molecule has 2 aliphatic rings. The molecule has 2 N–H and O–H groups in total. The number of hydrogen-bond acceptors (Lipinski definition) is 5. The Morgan fingerprint density at radius 2 is 1.81 bits per heavy atom. The van der Waals surface area contributed by atoms with Crippen molar-refractivity contribution in [2.24, 2.45) is 23.7 Å². The first-order valence-electron chi connectivity index (χ1n) is 10.5. The van der Waals surface area contributed by atoms with E-state index in [0.717, 1.165) is 16.0 Å². The molecule has 0 aliphatic heterocycles. The van der Waals surface area contributed by atoms with E-state index in [4.69, 9.17) is 4.74 Å². The lowest BCUT2D eigenvalue weighted by Crippen LogP contribution is -2.36. The van der Waals surface area contributed by atoms with E-state index in [0.29, 0.717) is 23.4 Å². The molecule has 1 heterocycles. The molecule has 1 saturated carbocycles. The normalized spacial score (nSPS) is 23.7. The SMILES string of the molecule is CCCOC(=O)c1c(NC(=O)[C@@H]2[C@@H](C(=O)O)[C@H]3C=C[C@@H]2C3)sc(C)c1-c1ccccc1. The van der Waals surface area contributed by atoms with Crippen LogP contribution in [0.3, 0.4) is 0 Å². The number of esters is 1. The summed E-state index contributed by atoms with van der Waals surface area (Å²) in [5, 5.41) is 13.0. The zero-order valence-corrected chi connectivity index (χ0v) is 18.3. The molecule has 2 aliphatic carbocycles. The molecule has 7 heteroatoms. The lowest BCUT2D eigenvalue weighted by Gasteiger charge is -2.23. The van der Waals surface area contributed by atoms with Gasteiger partial charge in [-0.25, -0.2) is 4.79 Å². The van der Waals surface area contributed by atoms with Gasteiger partial charge in [0.25, 0.3) is 0 Å². The van der Waals surface area contributed by atoms with Gasteiger partial charge in [-0.1, -0.05) is 49.4 Å². The largest absolute Gasteiger partial charge is 0.481 e. The topological polar surface area (TPSA) is 92.7 Å². The third-order valence-corrected chi connectivity index (χ3v) is 7.09. The number of aryl methyl sites for hydroxylation is 1. The van der Waals surface area contributed by atoms with Gasteiger partial charge >= 0.3 is 11.9 Å². The van der Waals surface area contributed by atoms with Crippen molar-refractivity contribution >= 4 is 34.2 Å². The minimum atomic E-state index is -0.952. The number of aliphatic carboxylic acids is 1. The van der Waals surface area contributed by atoms with Gasteiger partial charge in [0.2, 0.25) is 5.91 Å². The first-order valence-corrected chi connectivity index (χ1v) is 11.3. The molecule has 0 unspecified atom stereocenters. The summed E-state index contributed by atoms with van der Waals surface area (Å²) in [6.45, 7) is 4.11. The second-order valence-corrected chi connectivity index (χ2v) is 9.29. The predicted octanol–water partition coefficient (Wildman–Crippen LogP) is 4.75. The summed E-state index contributed by atoms with van der Waals surface area (Å²) < 4.78 is 5.42. The second kappa shape index (κ2) is 8.67. The number of benzene rings is 1. The molecule has 0 spiro atoms. The summed E-state index contributed by atoms with van der Waals surface area (Å²) in [7, 11) is 0. The monoisotopic (exact) mass is 439 g/mol. The van der Waals surface area contributed by atoms with Crippen LogP contribution in [0.4, 0.5) is 5.00 Å². The molecular weight excluding hydrogens is 414 g/mol. The van der Waals surface area contributed by atoms with Gasteiger partial charge in [-0.05, 0) is 37.2 Å². The first-order chi connectivity index (χ1) is 14.9. The number of fused-ring (bicyclic) bond motifs is 2. The number of carboxylic acid groups (broad SMARTS) is 1. The molecule has 4 atom stereocenters. The van der Waals surface area contributed by atoms with E-state index in [1.807, 2.05) is 56.3 Å². The fourth-order valence-electron chi connectivity index (χ4n) is 4.76. The number of nitrogens with one attached hydrogen (secondary N) is 1. The van der Waals surface area contributed by atoms with Crippen molar-refractivity contribution in [1.29, 1.82) is 0 Å². The Kier molecular flexibility index (Phi) is 5.96. The maximum atomic E-state index is 13.2. The Labute approximate surface area is 184 Å². The number of carboxylic acids is 1. The highest BCUT2D eigenvalue weighted by molar-refractivity contribution is 7.17. The van der Waals surface area contributed by atoms with Crippen molar-refractivity contribution in [3.8, 4) is 11.1 Å². The summed E-state index contributed by atoms with van der Waals surface area (Å²) in [6, 6.07) is 9.52. The fraction of sp³-hybridized carbons (Fsp3) is 0.375. The highest BCUT2D eigenvalue weighted by Crippen LogP contribution is 2.49. The quantitative estimate of drug-likeness (QED) is 0.480. The zero-order valence-electron chi connectivity index (χ0n) is 17.5. The molecule has 2 aromatic rings. The highest BCUT2D eigenvalue weighted by Gasteiger charge is 2.51. The maximum Gasteiger partial charge on any atom is 0.341 e. The van der Waals surface area contributed by atoms with Crippen molar-refractivity contribution in [2.75, 3.05) is 11.9 Å². The van der Waals surface area contributed by atoms with Crippen LogP contribution in [0.5, 0.6) is 0 Å². The van der Waals surface area contributed by atoms with Gasteiger partial charge in [0.1, 0.15) is 10.6 Å². The molecule has 0 saturated heterocycles. The lowest BCUT2D eigenvalue weighted by molar-refractivity contribution is -0.146. The number of allylic oxidation sites excluding steroid dienone is 2. The lowest BCUT2D eigenvalue weighted by atomic mass is 9.82. The van der Waals surface area contributed by atoms with Crippen molar-refractivity contribution in [1.82, 2.24) is 0 Å². The van der Waals surface area contributed by atoms with Crippen LogP contribution in [0.2, 0.25) is 0 Å². The summed E-state index contributed by atoms with van der Waals surface area (Å²) in [5.41, 5.74) is 1.94. The van der Waals surface area contributed by atoms with Crippen LogP contribution in [0, 0.1) is 30.6 Å². The minimum absolute atomic E-state index is 0.0868. The van der Waals surface area contributed by atoms with Crippen LogP contribution in [0.1, 0.15) is 35.0 Å². The fourth-order valence-corrected chi connectivity index (χ4v) is 5.83. The Morgan fingerprint density at radius 3 is 2.45 bits per heavy atom. The number of anilines is 1. The minimum Gasteiger partial charge on any atom is -0.481 e. The maximum absolute atomic E-state index is 13.2. The van der Waals surface area contributed by atoms with Crippen LogP contribution >= 0.6 is 11.3 Å². The molecule has 1 aromatic carbocycles. The highest BCUT2D eigenvalue weighted by atomic mass is 32.1. The van der Waals surface area contributed by atoms with Crippen LogP contribution in [-0.2, 0) is 14.3 Å². The van der Waals surface area contributed by atoms with Gasteiger partial charge in [0.05, 0.1) is 18.4 Å². The Hall–Kier alpha value is -2.93. The van der Waals surface area contributed by atoms with E-state index in [2.05, 4.69) is 5.32 Å². The van der Waals surface area contributed by atoms with Crippen molar-refractivity contribution in [2.45, 2.75) is 26.7 Å². The van der Waals surface area contributed by atoms with Crippen molar-refractivity contribution < 1.29 is 24.2 Å². The van der Waals surface area contributed by atoms with Gasteiger partial charge in [-0.15, -0.1) is 11.3 Å². The van der Waals surface area contributed by atoms with E-state index in [1.54, 1.807) is 0 Å². The van der Waals surface area contributed by atoms with Crippen LogP contribution in [0.15, 0.2) is 42.5 Å². The molecule has 6 nitrogen and oxygen atoms in total. The van der Waals surface area contributed by atoms with Crippen molar-refractivity contribution in [3.63, 3.8) is 0 Å². The zero-order chi connectivity index (χ0) is 22.1. The van der Waals surface area contributed by atoms with Crippen LogP contribution in [-0.4, -0.2) is 29.6 Å². The van der Waals surface area contributed by atoms with E-state index in [1.165, 1.54) is 11.3 Å². The van der Waals surface area contributed by atoms with Gasteiger partial charge in [-0.3, -0.25) is 9.59 Å². The smallest absolute Gasteiger partial charge is 0.341 e. The molecule has 1 fully saturated rings. The summed E-state index contributed by atoms with van der Waals surface area (Å²) in [4.78, 5) is 38.9. The Balaban J connectivity index is 1.70. The molecular formula is C24H25NO5S. The number of ether oxygens (including phenoxy) is 1. The van der Waals surface area contributed by atoms with E-state index < -0.39 is 23.8 Å². The van der Waals surface area contributed by atoms with Gasteiger partial charge in [-0.2, -0.15) is 0 Å². The van der Waals surface area contributed by atoms with Gasteiger partial charge < -0.3 is 15.2 Å². The Bertz CT molecular complexity index is 1040. The molecule has 1 amide bonds. The number of carbonyl (C=O) groups excluding carboxylic acids is 2. The second-order valence-electron chi connectivity index (χ2n) is 8.07. The number of amides is 1. The molecule has 4 rings (SSSR count). The average molecular weight is 440 g/mol. The molecule has 2 bridgehead atoms. The average Bonchev–Trinajstić information content (AvgIpc) is 3.45. The van der Waals surface area contributed by atoms with Crippen LogP contribution < -0.4 is 5.32 Å². The molecule has 1 aromatic heterocycles. The van der Waals surface area contributed by atoms with Gasteiger partial charge in [0.15, 0.2) is 0 Å². The summed E-state index contributed by atoms with van der Waals surface area (Å²) in [6.07, 6.45) is 5.22. The predicted molar refractivity (Wildman–Crippen MR) is 119 cm³/mol. The van der Waals surface area contributed by atoms with Gasteiger partial charge in [0, 0.05) is 10.4 Å². The van der Waals surface area contributed by atoms with E-state index in [9.17, 15) is 19.5 Å². The van der Waals surface area contributed by atoms with E-state index >= 15 is 0 Å². The number of carbonyl (C=O) groups is 3. The Morgan fingerprint density at radius 1 is 1.13 bits per heavy atom. The molecule has 0 radical (unpaired) electrons.